The maximum Gasteiger partial charge on any atom is 0.410 e. The molecule has 2 aliphatic rings. The van der Waals surface area contributed by atoms with Crippen molar-refractivity contribution in [2.45, 2.75) is 24.9 Å². The SMILES string of the molecule is CN1CC2(CCN(C(=O)CCc3ccc(=O)[nH]n3)C2)OC1=O. The van der Waals surface area contributed by atoms with E-state index in [1.807, 2.05) is 0 Å². The van der Waals surface area contributed by atoms with Crippen molar-refractivity contribution < 1.29 is 14.3 Å². The van der Waals surface area contributed by atoms with E-state index in [0.717, 1.165) is 0 Å². The number of aromatic nitrogens is 2. The van der Waals surface area contributed by atoms with Crippen molar-refractivity contribution >= 4 is 12.0 Å². The molecule has 118 valence electrons. The van der Waals surface area contributed by atoms with E-state index in [0.29, 0.717) is 44.6 Å². The zero-order valence-electron chi connectivity index (χ0n) is 12.4. The molecule has 0 radical (unpaired) electrons. The number of likely N-dealkylation sites (N-methyl/N-ethyl adjacent to an activating group) is 1. The van der Waals surface area contributed by atoms with Gasteiger partial charge in [0.15, 0.2) is 5.60 Å². The molecule has 2 amide bonds. The molecule has 3 heterocycles. The van der Waals surface area contributed by atoms with E-state index < -0.39 is 5.60 Å². The van der Waals surface area contributed by atoms with Gasteiger partial charge in [-0.3, -0.25) is 9.59 Å². The van der Waals surface area contributed by atoms with Crippen LogP contribution in [-0.2, 0) is 16.0 Å². The van der Waals surface area contributed by atoms with E-state index in [2.05, 4.69) is 10.2 Å². The topological polar surface area (TPSA) is 95.6 Å². The van der Waals surface area contributed by atoms with Crippen molar-refractivity contribution in [1.82, 2.24) is 20.0 Å². The van der Waals surface area contributed by atoms with Crippen LogP contribution in [0.3, 0.4) is 0 Å². The Balaban J connectivity index is 1.55. The quantitative estimate of drug-likeness (QED) is 0.831. The second kappa shape index (κ2) is 5.43. The number of hydrogen-bond acceptors (Lipinski definition) is 5. The number of nitrogens with one attached hydrogen (secondary N) is 1. The third kappa shape index (κ3) is 2.81. The predicted molar refractivity (Wildman–Crippen MR) is 76.2 cm³/mol. The molecule has 0 aromatic carbocycles. The van der Waals surface area contributed by atoms with Gasteiger partial charge in [-0.05, 0) is 6.07 Å². The molecule has 1 aromatic heterocycles. The minimum Gasteiger partial charge on any atom is -0.439 e. The number of rotatable bonds is 3. The summed E-state index contributed by atoms with van der Waals surface area (Å²) in [6, 6.07) is 3.01. The van der Waals surface area contributed by atoms with Crippen molar-refractivity contribution in [2.24, 2.45) is 0 Å². The first kappa shape index (κ1) is 14.6. The fraction of sp³-hybridized carbons (Fsp3) is 0.571. The molecule has 2 saturated heterocycles. The van der Waals surface area contributed by atoms with Crippen LogP contribution in [0.25, 0.3) is 0 Å². The lowest BCUT2D eigenvalue weighted by Crippen LogP contribution is -2.39. The third-order valence-corrected chi connectivity index (χ3v) is 4.14. The van der Waals surface area contributed by atoms with Crippen LogP contribution in [-0.4, -0.2) is 64.3 Å². The van der Waals surface area contributed by atoms with Gasteiger partial charge in [0, 0.05) is 38.9 Å². The molecule has 1 aromatic rings. The Labute approximate surface area is 127 Å². The first-order valence-electron chi connectivity index (χ1n) is 7.24. The number of carbonyl (C=O) groups excluding carboxylic acids is 2. The largest absolute Gasteiger partial charge is 0.439 e. The van der Waals surface area contributed by atoms with Gasteiger partial charge in [-0.1, -0.05) is 0 Å². The van der Waals surface area contributed by atoms with Crippen LogP contribution in [0.1, 0.15) is 18.5 Å². The molecule has 0 saturated carbocycles. The molecule has 22 heavy (non-hydrogen) atoms. The van der Waals surface area contributed by atoms with E-state index in [1.54, 1.807) is 18.0 Å². The molecule has 0 bridgehead atoms. The van der Waals surface area contributed by atoms with Crippen molar-refractivity contribution in [2.75, 3.05) is 26.7 Å². The van der Waals surface area contributed by atoms with Crippen molar-refractivity contribution in [1.29, 1.82) is 0 Å². The smallest absolute Gasteiger partial charge is 0.410 e. The fourth-order valence-electron chi connectivity index (χ4n) is 2.97. The summed E-state index contributed by atoms with van der Waals surface area (Å²) in [4.78, 5) is 38.0. The van der Waals surface area contributed by atoms with Gasteiger partial charge in [-0.15, -0.1) is 0 Å². The highest BCUT2D eigenvalue weighted by atomic mass is 16.6. The third-order valence-electron chi connectivity index (χ3n) is 4.14. The lowest BCUT2D eigenvalue weighted by Gasteiger charge is -2.21. The Morgan fingerprint density at radius 2 is 2.23 bits per heavy atom. The molecular weight excluding hydrogens is 288 g/mol. The number of amides is 2. The molecule has 1 atom stereocenters. The molecule has 1 spiro atoms. The lowest BCUT2D eigenvalue weighted by molar-refractivity contribution is -0.130. The number of aromatic amines is 1. The number of hydrogen-bond donors (Lipinski definition) is 1. The average molecular weight is 306 g/mol. The standard InChI is InChI=1S/C14H18N4O4/c1-17-8-14(22-13(17)21)6-7-18(9-14)12(20)5-3-10-2-4-11(19)16-15-10/h2,4H,3,5-9H2,1H3,(H,16,19). The molecular formula is C14H18N4O4. The maximum absolute atomic E-state index is 12.3. The monoisotopic (exact) mass is 306 g/mol. The zero-order valence-corrected chi connectivity index (χ0v) is 12.4. The minimum atomic E-state index is -0.544. The van der Waals surface area contributed by atoms with Gasteiger partial charge in [-0.2, -0.15) is 5.10 Å². The lowest BCUT2D eigenvalue weighted by atomic mass is 10.0. The summed E-state index contributed by atoms with van der Waals surface area (Å²) < 4.78 is 5.42. The molecule has 2 aliphatic heterocycles. The Kier molecular flexibility index (Phi) is 3.59. The second-order valence-corrected chi connectivity index (χ2v) is 5.88. The predicted octanol–water partition coefficient (Wildman–Crippen LogP) is -0.244. The van der Waals surface area contributed by atoms with Crippen LogP contribution in [0.15, 0.2) is 16.9 Å². The van der Waals surface area contributed by atoms with E-state index in [1.165, 1.54) is 11.0 Å². The van der Waals surface area contributed by atoms with Crippen molar-refractivity contribution in [3.05, 3.63) is 28.2 Å². The molecule has 2 fully saturated rings. The minimum absolute atomic E-state index is 0.00970. The highest BCUT2D eigenvalue weighted by Crippen LogP contribution is 2.31. The normalized spacial score (nSPS) is 24.1. The van der Waals surface area contributed by atoms with Gasteiger partial charge in [-0.25, -0.2) is 9.89 Å². The van der Waals surface area contributed by atoms with Gasteiger partial charge < -0.3 is 14.5 Å². The number of H-pyrrole nitrogens is 1. The van der Waals surface area contributed by atoms with Crippen LogP contribution in [0.4, 0.5) is 4.79 Å². The second-order valence-electron chi connectivity index (χ2n) is 5.88. The molecule has 8 heteroatoms. The Bertz CT molecular complexity index is 638. The number of ether oxygens (including phenoxy) is 1. The molecule has 1 unspecified atom stereocenters. The van der Waals surface area contributed by atoms with Crippen LogP contribution in [0.2, 0.25) is 0 Å². The molecule has 1 N–H and O–H groups in total. The van der Waals surface area contributed by atoms with Crippen LogP contribution in [0, 0.1) is 0 Å². The van der Waals surface area contributed by atoms with Crippen molar-refractivity contribution in [3.63, 3.8) is 0 Å². The maximum atomic E-state index is 12.3. The summed E-state index contributed by atoms with van der Waals surface area (Å²) in [6.07, 6.45) is 1.13. The average Bonchev–Trinajstić information content (AvgIpc) is 3.02. The van der Waals surface area contributed by atoms with Crippen LogP contribution >= 0.6 is 0 Å². The summed E-state index contributed by atoms with van der Waals surface area (Å²) in [6.45, 7) is 1.57. The number of aryl methyl sites for hydroxylation is 1. The van der Waals surface area contributed by atoms with Crippen LogP contribution < -0.4 is 5.56 Å². The summed E-state index contributed by atoms with van der Waals surface area (Å²) in [5.41, 5.74) is -0.129. The Morgan fingerprint density at radius 1 is 1.41 bits per heavy atom. The van der Waals surface area contributed by atoms with E-state index in [9.17, 15) is 14.4 Å². The van der Waals surface area contributed by atoms with Gasteiger partial charge in [0.05, 0.1) is 18.8 Å². The van der Waals surface area contributed by atoms with Gasteiger partial charge in [0.2, 0.25) is 5.91 Å². The first-order valence-corrected chi connectivity index (χ1v) is 7.24. The number of nitrogens with zero attached hydrogens (tertiary/aromatic N) is 3. The van der Waals surface area contributed by atoms with E-state index in [4.69, 9.17) is 4.74 Å². The van der Waals surface area contributed by atoms with Gasteiger partial charge in [0.25, 0.3) is 5.56 Å². The van der Waals surface area contributed by atoms with Gasteiger partial charge in [0.1, 0.15) is 0 Å². The molecule has 0 aliphatic carbocycles. The van der Waals surface area contributed by atoms with E-state index in [-0.39, 0.29) is 17.6 Å². The highest BCUT2D eigenvalue weighted by Gasteiger charge is 2.49. The summed E-state index contributed by atoms with van der Waals surface area (Å²) >= 11 is 0. The molecule has 8 nitrogen and oxygen atoms in total. The Hall–Kier alpha value is -2.38. The summed E-state index contributed by atoms with van der Waals surface area (Å²) in [7, 11) is 1.70. The first-order chi connectivity index (χ1) is 10.5. The van der Waals surface area contributed by atoms with Crippen molar-refractivity contribution in [3.8, 4) is 0 Å². The number of likely N-dealkylation sites (tertiary alicyclic amines) is 1. The Morgan fingerprint density at radius 3 is 2.86 bits per heavy atom. The molecule has 3 rings (SSSR count). The number of carbonyl (C=O) groups is 2. The van der Waals surface area contributed by atoms with Crippen LogP contribution in [0.5, 0.6) is 0 Å². The summed E-state index contributed by atoms with van der Waals surface area (Å²) in [5.74, 6) is 0.00970. The zero-order chi connectivity index (χ0) is 15.7. The van der Waals surface area contributed by atoms with Gasteiger partial charge >= 0.3 is 6.09 Å². The van der Waals surface area contributed by atoms with E-state index >= 15 is 0 Å². The highest BCUT2D eigenvalue weighted by molar-refractivity contribution is 5.77. The fourth-order valence-corrected chi connectivity index (χ4v) is 2.97. The summed E-state index contributed by atoms with van der Waals surface area (Å²) in [5, 5.41) is 6.23.